The van der Waals surface area contributed by atoms with Crippen molar-refractivity contribution in [3.05, 3.63) is 54.7 Å². The van der Waals surface area contributed by atoms with Crippen LogP contribution in [0.4, 0.5) is 24.7 Å². The standard InChI is InChI=1S/C18H17F3N4/c1-3-7-10(4-2)18-23-15-11(17(22)24-18)12(19)13(20)16(14(15)21)25-8-5-6-9-25/h3-4,7H,1-2,5-6,8-9H2,(H2,22,23,24)/b10-7+. The number of hydrogen-bond acceptors (Lipinski definition) is 4. The molecule has 2 heterocycles. The monoisotopic (exact) mass is 346 g/mol. The van der Waals surface area contributed by atoms with Gasteiger partial charge in [0, 0.05) is 18.7 Å². The Balaban J connectivity index is 2.34. The van der Waals surface area contributed by atoms with E-state index in [9.17, 15) is 8.78 Å². The number of nitrogens with zero attached hydrogens (tertiary/aromatic N) is 3. The van der Waals surface area contributed by atoms with Crippen LogP contribution >= 0.6 is 0 Å². The van der Waals surface area contributed by atoms with Crippen molar-refractivity contribution in [1.29, 1.82) is 0 Å². The van der Waals surface area contributed by atoms with Gasteiger partial charge in [-0.15, -0.1) is 0 Å². The van der Waals surface area contributed by atoms with E-state index in [4.69, 9.17) is 5.73 Å². The second kappa shape index (κ2) is 6.58. The number of nitrogen functional groups attached to an aromatic ring is 1. The third kappa shape index (κ3) is 2.75. The highest BCUT2D eigenvalue weighted by Crippen LogP contribution is 2.36. The SMILES string of the molecule is C=C/C=C(\C=C)c1nc(N)c2c(F)c(F)c(N3CCCC3)c(F)c2n1. The molecular formula is C18H17F3N4. The highest BCUT2D eigenvalue weighted by Gasteiger charge is 2.28. The topological polar surface area (TPSA) is 55.0 Å². The van der Waals surface area contributed by atoms with Crippen molar-refractivity contribution in [3.8, 4) is 0 Å². The molecule has 2 aromatic rings. The van der Waals surface area contributed by atoms with Crippen molar-refractivity contribution in [3.63, 3.8) is 0 Å². The first-order valence-corrected chi connectivity index (χ1v) is 7.83. The summed E-state index contributed by atoms with van der Waals surface area (Å²) in [6, 6.07) is 0. The Morgan fingerprint density at radius 3 is 2.32 bits per heavy atom. The van der Waals surface area contributed by atoms with Crippen LogP contribution in [0.3, 0.4) is 0 Å². The van der Waals surface area contributed by atoms with Gasteiger partial charge in [-0.25, -0.2) is 23.1 Å². The van der Waals surface area contributed by atoms with Crippen molar-refractivity contribution < 1.29 is 13.2 Å². The first-order chi connectivity index (χ1) is 12.0. The molecule has 0 saturated carbocycles. The number of aromatic nitrogens is 2. The fourth-order valence-corrected chi connectivity index (χ4v) is 2.98. The molecule has 0 bridgehead atoms. The maximum absolute atomic E-state index is 15.0. The van der Waals surface area contributed by atoms with Gasteiger partial charge in [-0.05, 0) is 12.8 Å². The molecule has 0 radical (unpaired) electrons. The highest BCUT2D eigenvalue weighted by atomic mass is 19.2. The minimum atomic E-state index is -1.26. The Morgan fingerprint density at radius 1 is 1.04 bits per heavy atom. The van der Waals surface area contributed by atoms with Crippen LogP contribution in [0.25, 0.3) is 16.5 Å². The molecule has 0 aliphatic carbocycles. The second-order valence-corrected chi connectivity index (χ2v) is 5.70. The number of fused-ring (bicyclic) bond motifs is 1. The van der Waals surface area contributed by atoms with E-state index in [1.807, 2.05) is 0 Å². The maximum atomic E-state index is 15.0. The average molecular weight is 346 g/mol. The van der Waals surface area contributed by atoms with Crippen LogP contribution in [0.2, 0.25) is 0 Å². The lowest BCUT2D eigenvalue weighted by atomic mass is 10.1. The number of halogens is 3. The second-order valence-electron chi connectivity index (χ2n) is 5.70. The lowest BCUT2D eigenvalue weighted by molar-refractivity contribution is 0.503. The zero-order chi connectivity index (χ0) is 18.1. The van der Waals surface area contributed by atoms with Crippen LogP contribution < -0.4 is 10.6 Å². The molecule has 0 unspecified atom stereocenters. The molecule has 1 fully saturated rings. The predicted molar refractivity (Wildman–Crippen MR) is 93.6 cm³/mol. The molecule has 1 aromatic heterocycles. The summed E-state index contributed by atoms with van der Waals surface area (Å²) in [5.74, 6) is -3.71. The number of anilines is 2. The molecule has 130 valence electrons. The molecule has 1 aliphatic heterocycles. The van der Waals surface area contributed by atoms with Gasteiger partial charge in [-0.2, -0.15) is 0 Å². The van der Waals surface area contributed by atoms with E-state index in [1.54, 1.807) is 6.08 Å². The zero-order valence-corrected chi connectivity index (χ0v) is 13.5. The third-order valence-electron chi connectivity index (χ3n) is 4.17. The van der Waals surface area contributed by atoms with Gasteiger partial charge in [0.05, 0.1) is 5.39 Å². The number of benzene rings is 1. The number of allylic oxidation sites excluding steroid dienone is 4. The van der Waals surface area contributed by atoms with Crippen molar-refractivity contribution in [1.82, 2.24) is 9.97 Å². The van der Waals surface area contributed by atoms with E-state index in [0.29, 0.717) is 18.7 Å². The van der Waals surface area contributed by atoms with E-state index >= 15 is 4.39 Å². The Morgan fingerprint density at radius 2 is 1.72 bits per heavy atom. The van der Waals surface area contributed by atoms with Crippen molar-refractivity contribution in [2.45, 2.75) is 12.8 Å². The Labute approximate surface area is 143 Å². The van der Waals surface area contributed by atoms with E-state index in [0.717, 1.165) is 12.8 Å². The molecule has 4 nitrogen and oxygen atoms in total. The van der Waals surface area contributed by atoms with Crippen LogP contribution in [0, 0.1) is 17.5 Å². The molecule has 7 heteroatoms. The summed E-state index contributed by atoms with van der Waals surface area (Å²) in [7, 11) is 0. The summed E-state index contributed by atoms with van der Waals surface area (Å²) in [5, 5.41) is -0.455. The molecule has 25 heavy (non-hydrogen) atoms. The molecule has 2 N–H and O–H groups in total. The van der Waals surface area contributed by atoms with Crippen LogP contribution in [-0.4, -0.2) is 23.1 Å². The van der Waals surface area contributed by atoms with Gasteiger partial charge >= 0.3 is 0 Å². The molecular weight excluding hydrogens is 329 g/mol. The fourth-order valence-electron chi connectivity index (χ4n) is 2.98. The van der Waals surface area contributed by atoms with Crippen molar-refractivity contribution in [2.24, 2.45) is 0 Å². The van der Waals surface area contributed by atoms with E-state index in [1.165, 1.54) is 17.1 Å². The van der Waals surface area contributed by atoms with Gasteiger partial charge in [0.1, 0.15) is 17.0 Å². The van der Waals surface area contributed by atoms with E-state index in [2.05, 4.69) is 23.1 Å². The van der Waals surface area contributed by atoms with Gasteiger partial charge in [0.15, 0.2) is 23.3 Å². The largest absolute Gasteiger partial charge is 0.383 e. The molecule has 0 spiro atoms. The Bertz CT molecular complexity index is 899. The molecule has 1 aromatic carbocycles. The number of nitrogens with two attached hydrogens (primary N) is 1. The van der Waals surface area contributed by atoms with Crippen LogP contribution in [0.1, 0.15) is 18.7 Å². The van der Waals surface area contributed by atoms with E-state index in [-0.39, 0.29) is 17.2 Å². The maximum Gasteiger partial charge on any atom is 0.186 e. The first kappa shape index (κ1) is 17.0. The summed E-state index contributed by atoms with van der Waals surface area (Å²) in [6.45, 7) is 8.11. The minimum absolute atomic E-state index is 0.0668. The van der Waals surface area contributed by atoms with Gasteiger partial charge in [-0.3, -0.25) is 0 Å². The Hall–Kier alpha value is -2.83. The van der Waals surface area contributed by atoms with Crippen LogP contribution in [0.15, 0.2) is 31.4 Å². The Kier molecular flexibility index (Phi) is 4.48. The zero-order valence-electron chi connectivity index (χ0n) is 13.5. The van der Waals surface area contributed by atoms with Crippen LogP contribution in [0.5, 0.6) is 0 Å². The number of rotatable bonds is 4. The third-order valence-corrected chi connectivity index (χ3v) is 4.17. The van der Waals surface area contributed by atoms with Gasteiger partial charge in [0.25, 0.3) is 0 Å². The summed E-state index contributed by atoms with van der Waals surface area (Å²) < 4.78 is 44.0. The normalized spacial score (nSPS) is 15.0. The van der Waals surface area contributed by atoms with Crippen LogP contribution in [-0.2, 0) is 0 Å². The first-order valence-electron chi connectivity index (χ1n) is 7.83. The molecule has 3 rings (SSSR count). The van der Waals surface area contributed by atoms with E-state index < -0.39 is 28.5 Å². The molecule has 1 aliphatic rings. The quantitative estimate of drug-likeness (QED) is 0.672. The summed E-state index contributed by atoms with van der Waals surface area (Å²) in [5.41, 5.74) is 5.45. The van der Waals surface area contributed by atoms with Gasteiger partial charge in [-0.1, -0.05) is 31.4 Å². The van der Waals surface area contributed by atoms with Crippen molar-refractivity contribution in [2.75, 3.05) is 23.7 Å². The molecule has 0 atom stereocenters. The minimum Gasteiger partial charge on any atom is -0.383 e. The highest BCUT2D eigenvalue weighted by molar-refractivity contribution is 5.93. The van der Waals surface area contributed by atoms with Gasteiger partial charge < -0.3 is 10.6 Å². The predicted octanol–water partition coefficient (Wildman–Crippen LogP) is 3.98. The lowest BCUT2D eigenvalue weighted by Gasteiger charge is -2.20. The lowest BCUT2D eigenvalue weighted by Crippen LogP contribution is -2.22. The smallest absolute Gasteiger partial charge is 0.186 e. The fraction of sp³-hybridized carbons (Fsp3) is 0.222. The molecule has 1 saturated heterocycles. The molecule has 0 amide bonds. The average Bonchev–Trinajstić information content (AvgIpc) is 3.11. The summed E-state index contributed by atoms with van der Waals surface area (Å²) in [4.78, 5) is 9.51. The van der Waals surface area contributed by atoms with Gasteiger partial charge in [0.2, 0.25) is 0 Å². The number of hydrogen-bond donors (Lipinski definition) is 1. The summed E-state index contributed by atoms with van der Waals surface area (Å²) >= 11 is 0. The summed E-state index contributed by atoms with van der Waals surface area (Å²) in [6.07, 6.45) is 6.07. The van der Waals surface area contributed by atoms with Crippen molar-refractivity contribution >= 4 is 28.0 Å².